The third kappa shape index (κ3) is 5.58. The lowest BCUT2D eigenvalue weighted by Crippen LogP contribution is -2.34. The molecule has 1 heterocycles. The zero-order valence-electron chi connectivity index (χ0n) is 13.7. The first kappa shape index (κ1) is 18.4. The smallest absolute Gasteiger partial charge is 0.232 e. The average molecular weight is 358 g/mol. The van der Waals surface area contributed by atoms with E-state index in [0.29, 0.717) is 17.8 Å². The molecule has 130 valence electrons. The first-order valence-electron chi connectivity index (χ1n) is 7.53. The highest BCUT2D eigenvalue weighted by Crippen LogP contribution is 2.18. The van der Waals surface area contributed by atoms with Gasteiger partial charge in [0, 0.05) is 31.9 Å². The molecule has 0 saturated heterocycles. The zero-order chi connectivity index (χ0) is 18.3. The predicted molar refractivity (Wildman–Crippen MR) is 94.0 cm³/mol. The van der Waals surface area contributed by atoms with Gasteiger partial charge in [-0.2, -0.15) is 5.26 Å². The molecular formula is C17H18N4O3S. The zero-order valence-corrected chi connectivity index (χ0v) is 14.5. The normalized spacial score (nSPS) is 10.7. The molecule has 1 aromatic heterocycles. The highest BCUT2D eigenvalue weighted by molar-refractivity contribution is 7.92. The minimum absolute atomic E-state index is 0.0207. The summed E-state index contributed by atoms with van der Waals surface area (Å²) in [6.45, 7) is 0.379. The van der Waals surface area contributed by atoms with E-state index in [9.17, 15) is 13.2 Å². The first-order chi connectivity index (χ1) is 11.9. The standard InChI is InChI=1S/C17H18N4O3S/c1-25(23,24)21(16-4-2-14(12-18)3-5-16)11-8-17(22)20-13-15-6-9-19-10-7-15/h2-7,9-10H,8,11,13H2,1H3,(H,20,22). The third-order valence-electron chi connectivity index (χ3n) is 3.47. The summed E-state index contributed by atoms with van der Waals surface area (Å²) in [6, 6.07) is 11.7. The number of rotatable bonds is 7. The number of hydrogen-bond acceptors (Lipinski definition) is 5. The number of hydrogen-bond donors (Lipinski definition) is 1. The van der Waals surface area contributed by atoms with Crippen LogP contribution in [0.5, 0.6) is 0 Å². The van der Waals surface area contributed by atoms with Crippen molar-refractivity contribution in [3.63, 3.8) is 0 Å². The summed E-state index contributed by atoms with van der Waals surface area (Å²) >= 11 is 0. The lowest BCUT2D eigenvalue weighted by molar-refractivity contribution is -0.121. The molecule has 0 unspecified atom stereocenters. The van der Waals surface area contributed by atoms with E-state index in [2.05, 4.69) is 10.3 Å². The van der Waals surface area contributed by atoms with Crippen molar-refractivity contribution in [3.05, 3.63) is 59.9 Å². The molecule has 8 heteroatoms. The number of aromatic nitrogens is 1. The molecule has 0 atom stereocenters. The quantitative estimate of drug-likeness (QED) is 0.806. The topological polar surface area (TPSA) is 103 Å². The number of carbonyl (C=O) groups is 1. The molecule has 2 rings (SSSR count). The summed E-state index contributed by atoms with van der Waals surface area (Å²) in [5, 5.41) is 11.6. The Morgan fingerprint density at radius 3 is 2.40 bits per heavy atom. The van der Waals surface area contributed by atoms with Crippen molar-refractivity contribution in [2.75, 3.05) is 17.1 Å². The Labute approximate surface area is 147 Å². The number of sulfonamides is 1. The number of benzene rings is 1. The minimum atomic E-state index is -3.54. The number of nitrogens with one attached hydrogen (secondary N) is 1. The van der Waals surface area contributed by atoms with Crippen molar-refractivity contribution in [3.8, 4) is 6.07 Å². The minimum Gasteiger partial charge on any atom is -0.352 e. The number of carbonyl (C=O) groups excluding carboxylic acids is 1. The second-order valence-electron chi connectivity index (χ2n) is 5.38. The summed E-state index contributed by atoms with van der Waals surface area (Å²) in [5.41, 5.74) is 1.77. The summed E-state index contributed by atoms with van der Waals surface area (Å²) in [7, 11) is -3.54. The van der Waals surface area contributed by atoms with Crippen LogP contribution in [0.1, 0.15) is 17.5 Å². The van der Waals surface area contributed by atoms with Gasteiger partial charge in [0.15, 0.2) is 0 Å². The van der Waals surface area contributed by atoms with Crippen LogP contribution < -0.4 is 9.62 Å². The Hall–Kier alpha value is -2.92. The van der Waals surface area contributed by atoms with E-state index in [4.69, 9.17) is 5.26 Å². The third-order valence-corrected chi connectivity index (χ3v) is 4.66. The monoisotopic (exact) mass is 358 g/mol. The van der Waals surface area contributed by atoms with Gasteiger partial charge in [-0.3, -0.25) is 14.1 Å². The Morgan fingerprint density at radius 2 is 1.84 bits per heavy atom. The molecule has 0 bridgehead atoms. The number of nitrogens with zero attached hydrogens (tertiary/aromatic N) is 3. The fraction of sp³-hybridized carbons (Fsp3) is 0.235. The highest BCUT2D eigenvalue weighted by Gasteiger charge is 2.18. The summed E-state index contributed by atoms with van der Waals surface area (Å²) in [4.78, 5) is 15.9. The highest BCUT2D eigenvalue weighted by atomic mass is 32.2. The van der Waals surface area contributed by atoms with Crippen molar-refractivity contribution in [2.45, 2.75) is 13.0 Å². The van der Waals surface area contributed by atoms with Crippen LogP contribution in [-0.2, 0) is 21.4 Å². The number of nitriles is 1. The van der Waals surface area contributed by atoms with E-state index in [1.165, 1.54) is 12.1 Å². The van der Waals surface area contributed by atoms with Gasteiger partial charge >= 0.3 is 0 Å². The Kier molecular flexibility index (Phi) is 6.08. The van der Waals surface area contributed by atoms with E-state index in [0.717, 1.165) is 16.1 Å². The van der Waals surface area contributed by atoms with Gasteiger partial charge in [0.1, 0.15) is 0 Å². The van der Waals surface area contributed by atoms with Crippen LogP contribution in [0.2, 0.25) is 0 Å². The molecule has 0 radical (unpaired) electrons. The van der Waals surface area contributed by atoms with Gasteiger partial charge in [-0.1, -0.05) is 0 Å². The average Bonchev–Trinajstić information content (AvgIpc) is 2.60. The van der Waals surface area contributed by atoms with Crippen LogP contribution in [0.4, 0.5) is 5.69 Å². The van der Waals surface area contributed by atoms with Crippen LogP contribution >= 0.6 is 0 Å². The van der Waals surface area contributed by atoms with Gasteiger partial charge in [-0.25, -0.2) is 8.42 Å². The van der Waals surface area contributed by atoms with Crippen LogP contribution in [0.3, 0.4) is 0 Å². The Morgan fingerprint density at radius 1 is 1.20 bits per heavy atom. The number of anilines is 1. The molecule has 0 aliphatic carbocycles. The van der Waals surface area contributed by atoms with E-state index in [1.54, 1.807) is 36.7 Å². The maximum atomic E-state index is 12.0. The van der Waals surface area contributed by atoms with E-state index >= 15 is 0 Å². The molecule has 1 N–H and O–H groups in total. The SMILES string of the molecule is CS(=O)(=O)N(CCC(=O)NCc1ccncc1)c1ccc(C#N)cc1. The molecule has 0 fully saturated rings. The molecule has 0 aliphatic heterocycles. The maximum absolute atomic E-state index is 12.0. The molecule has 2 aromatic rings. The molecule has 7 nitrogen and oxygen atoms in total. The van der Waals surface area contributed by atoms with Gasteiger partial charge in [0.2, 0.25) is 15.9 Å². The van der Waals surface area contributed by atoms with E-state index in [1.807, 2.05) is 6.07 Å². The fourth-order valence-electron chi connectivity index (χ4n) is 2.18. The fourth-order valence-corrected chi connectivity index (χ4v) is 3.11. The van der Waals surface area contributed by atoms with E-state index < -0.39 is 10.0 Å². The Balaban J connectivity index is 1.98. The lowest BCUT2D eigenvalue weighted by atomic mass is 10.2. The second-order valence-corrected chi connectivity index (χ2v) is 7.28. The predicted octanol–water partition coefficient (Wildman–Crippen LogP) is 1.43. The van der Waals surface area contributed by atoms with Gasteiger partial charge in [-0.15, -0.1) is 0 Å². The van der Waals surface area contributed by atoms with Crippen molar-refractivity contribution in [1.29, 1.82) is 5.26 Å². The molecule has 0 spiro atoms. The summed E-state index contributed by atoms with van der Waals surface area (Å²) in [6.07, 6.45) is 4.38. The molecule has 1 aromatic carbocycles. The van der Waals surface area contributed by atoms with E-state index in [-0.39, 0.29) is 18.9 Å². The van der Waals surface area contributed by atoms with Crippen molar-refractivity contribution in [1.82, 2.24) is 10.3 Å². The largest absolute Gasteiger partial charge is 0.352 e. The summed E-state index contributed by atoms with van der Waals surface area (Å²) in [5.74, 6) is -0.251. The summed E-state index contributed by atoms with van der Waals surface area (Å²) < 4.78 is 25.2. The van der Waals surface area contributed by atoms with Crippen LogP contribution in [0.15, 0.2) is 48.8 Å². The van der Waals surface area contributed by atoms with Crippen LogP contribution in [-0.4, -0.2) is 32.1 Å². The van der Waals surface area contributed by atoms with Crippen molar-refractivity contribution in [2.24, 2.45) is 0 Å². The maximum Gasteiger partial charge on any atom is 0.232 e. The first-order valence-corrected chi connectivity index (χ1v) is 9.38. The van der Waals surface area contributed by atoms with Gasteiger partial charge in [-0.05, 0) is 42.0 Å². The van der Waals surface area contributed by atoms with Gasteiger partial charge in [0.25, 0.3) is 0 Å². The second kappa shape index (κ2) is 8.26. The molecule has 0 aliphatic rings. The molecule has 0 saturated carbocycles. The van der Waals surface area contributed by atoms with Crippen molar-refractivity contribution < 1.29 is 13.2 Å². The van der Waals surface area contributed by atoms with Crippen LogP contribution in [0, 0.1) is 11.3 Å². The van der Waals surface area contributed by atoms with Gasteiger partial charge < -0.3 is 5.32 Å². The van der Waals surface area contributed by atoms with Crippen molar-refractivity contribution >= 4 is 21.6 Å². The van der Waals surface area contributed by atoms with Crippen LogP contribution in [0.25, 0.3) is 0 Å². The molecular weight excluding hydrogens is 340 g/mol. The Bertz CT molecular complexity index is 859. The van der Waals surface area contributed by atoms with Gasteiger partial charge in [0.05, 0.1) is 23.6 Å². The number of amides is 1. The lowest BCUT2D eigenvalue weighted by Gasteiger charge is -2.22. The molecule has 1 amide bonds. The number of pyridine rings is 1. The molecule has 25 heavy (non-hydrogen) atoms.